The Morgan fingerprint density at radius 2 is 1.42 bits per heavy atom. The van der Waals surface area contributed by atoms with Gasteiger partial charge in [0.1, 0.15) is 5.84 Å². The molecule has 0 atom stereocenters. The summed E-state index contributed by atoms with van der Waals surface area (Å²) < 4.78 is 0. The molecular weight excluding hydrogens is 279 g/mol. The lowest BCUT2D eigenvalue weighted by Crippen LogP contribution is -2.12. The Morgan fingerprint density at radius 1 is 0.842 bits per heavy atom. The van der Waals surface area contributed by atoms with Crippen LogP contribution in [0.4, 0.5) is 0 Å². The van der Waals surface area contributed by atoms with E-state index in [1.165, 1.54) is 0 Å². The van der Waals surface area contributed by atoms with Crippen LogP contribution in [0.5, 0.6) is 0 Å². The lowest BCUT2D eigenvalue weighted by atomic mass is 10.1. The molecule has 0 bridgehead atoms. The molecule has 0 aliphatic rings. The van der Waals surface area contributed by atoms with E-state index in [1.807, 2.05) is 66.7 Å². The fraction of sp³-hybridized carbons (Fsp3) is 0. The summed E-state index contributed by atoms with van der Waals surface area (Å²) in [7, 11) is 0. The Hall–Kier alpha value is -1.77. The number of benzene rings is 2. The predicted molar refractivity (Wildman–Crippen MR) is 87.3 cm³/mol. The topological polar surface area (TPSA) is 49.9 Å². The van der Waals surface area contributed by atoms with Crippen molar-refractivity contribution in [2.45, 2.75) is 0 Å². The van der Waals surface area contributed by atoms with Crippen molar-refractivity contribution in [3.05, 3.63) is 71.3 Å². The number of nitrogens with one attached hydrogen (secondary N) is 1. The number of hydrogen-bond acceptors (Lipinski definition) is 1. The molecule has 2 aromatic carbocycles. The molecule has 0 amide bonds. The first kappa shape index (κ1) is 17.2. The first-order valence-corrected chi connectivity index (χ1v) is 5.44. The summed E-state index contributed by atoms with van der Waals surface area (Å²) in [6.45, 7) is 0. The summed E-state index contributed by atoms with van der Waals surface area (Å²) >= 11 is 0. The first-order valence-electron chi connectivity index (χ1n) is 5.44. The van der Waals surface area contributed by atoms with Gasteiger partial charge in [-0.1, -0.05) is 66.7 Å². The van der Waals surface area contributed by atoms with Gasteiger partial charge >= 0.3 is 0 Å². The largest absolute Gasteiger partial charge is 0.384 e. The lowest BCUT2D eigenvalue weighted by Gasteiger charge is -2.02. The zero-order valence-corrected chi connectivity index (χ0v) is 11.9. The van der Waals surface area contributed by atoms with Gasteiger partial charge in [-0.2, -0.15) is 0 Å². The number of halogens is 2. The van der Waals surface area contributed by atoms with Crippen molar-refractivity contribution in [3.8, 4) is 0 Å². The maximum Gasteiger partial charge on any atom is 0.123 e. The van der Waals surface area contributed by atoms with Crippen LogP contribution < -0.4 is 5.73 Å². The van der Waals surface area contributed by atoms with E-state index in [1.54, 1.807) is 0 Å². The van der Waals surface area contributed by atoms with E-state index in [0.717, 1.165) is 16.7 Å². The van der Waals surface area contributed by atoms with Crippen LogP contribution in [0.15, 0.2) is 54.6 Å². The molecule has 0 aromatic heterocycles. The molecule has 2 aromatic rings. The van der Waals surface area contributed by atoms with Gasteiger partial charge in [0, 0.05) is 5.56 Å². The molecular formula is C15H16Cl2N2. The lowest BCUT2D eigenvalue weighted by molar-refractivity contribution is 1.42. The minimum absolute atomic E-state index is 0. The highest BCUT2D eigenvalue weighted by Gasteiger charge is 2.00. The van der Waals surface area contributed by atoms with E-state index >= 15 is 0 Å². The van der Waals surface area contributed by atoms with Crippen molar-refractivity contribution in [1.29, 1.82) is 5.41 Å². The van der Waals surface area contributed by atoms with E-state index in [2.05, 4.69) is 0 Å². The Bertz CT molecular complexity index is 551. The molecule has 4 heteroatoms. The van der Waals surface area contributed by atoms with E-state index in [0.29, 0.717) is 0 Å². The normalized spacial score (nSPS) is 9.47. The van der Waals surface area contributed by atoms with Crippen molar-refractivity contribution >= 4 is 42.8 Å². The van der Waals surface area contributed by atoms with Crippen molar-refractivity contribution in [3.63, 3.8) is 0 Å². The Morgan fingerprint density at radius 3 is 2.05 bits per heavy atom. The minimum atomic E-state index is 0. The number of rotatable bonds is 3. The molecule has 0 spiro atoms. The maximum absolute atomic E-state index is 7.50. The second-order valence-corrected chi connectivity index (χ2v) is 3.74. The first-order chi connectivity index (χ1) is 8.27. The Kier molecular flexibility index (Phi) is 7.57. The van der Waals surface area contributed by atoms with E-state index in [4.69, 9.17) is 11.1 Å². The number of hydrogen-bond donors (Lipinski definition) is 2. The molecule has 0 unspecified atom stereocenters. The average molecular weight is 295 g/mol. The predicted octanol–water partition coefficient (Wildman–Crippen LogP) is 3.98. The summed E-state index contributed by atoms with van der Waals surface area (Å²) in [5.74, 6) is 0.0957. The van der Waals surface area contributed by atoms with Crippen LogP contribution in [-0.2, 0) is 0 Å². The van der Waals surface area contributed by atoms with Crippen molar-refractivity contribution in [1.82, 2.24) is 0 Å². The van der Waals surface area contributed by atoms with Crippen molar-refractivity contribution < 1.29 is 0 Å². The van der Waals surface area contributed by atoms with Crippen LogP contribution in [0.1, 0.15) is 16.7 Å². The molecule has 0 aliphatic heterocycles. The molecule has 0 saturated heterocycles. The molecule has 0 heterocycles. The second-order valence-electron chi connectivity index (χ2n) is 3.74. The third-order valence-electron chi connectivity index (χ3n) is 2.51. The highest BCUT2D eigenvalue weighted by atomic mass is 35.5. The summed E-state index contributed by atoms with van der Waals surface area (Å²) in [5, 5.41) is 7.50. The summed E-state index contributed by atoms with van der Waals surface area (Å²) in [6.07, 6.45) is 3.99. The fourth-order valence-electron chi connectivity index (χ4n) is 1.64. The van der Waals surface area contributed by atoms with Gasteiger partial charge in [-0.3, -0.25) is 5.41 Å². The summed E-state index contributed by atoms with van der Waals surface area (Å²) in [6, 6.07) is 17.7. The van der Waals surface area contributed by atoms with Gasteiger partial charge in [0.2, 0.25) is 0 Å². The van der Waals surface area contributed by atoms with Crippen LogP contribution in [0, 0.1) is 5.41 Å². The van der Waals surface area contributed by atoms with Gasteiger partial charge in [-0.25, -0.2) is 0 Å². The monoisotopic (exact) mass is 294 g/mol. The van der Waals surface area contributed by atoms with Crippen molar-refractivity contribution in [2.75, 3.05) is 0 Å². The highest BCUT2D eigenvalue weighted by molar-refractivity contribution is 5.99. The molecule has 3 N–H and O–H groups in total. The molecule has 2 rings (SSSR count). The molecule has 0 fully saturated rings. The number of amidine groups is 1. The summed E-state index contributed by atoms with van der Waals surface area (Å²) in [4.78, 5) is 0. The Balaban J connectivity index is 0.00000162. The van der Waals surface area contributed by atoms with Gasteiger partial charge in [0.05, 0.1) is 0 Å². The SMILES string of the molecule is Cl.Cl.N=C(N)c1ccccc1C=Cc1ccccc1. The molecule has 0 saturated carbocycles. The molecule has 2 nitrogen and oxygen atoms in total. The van der Waals surface area contributed by atoms with Gasteiger partial charge in [-0.05, 0) is 11.1 Å². The summed E-state index contributed by atoms with van der Waals surface area (Å²) in [5.41, 5.74) is 8.39. The van der Waals surface area contributed by atoms with Crippen LogP contribution in [-0.4, -0.2) is 5.84 Å². The fourth-order valence-corrected chi connectivity index (χ4v) is 1.64. The zero-order chi connectivity index (χ0) is 12.1. The van der Waals surface area contributed by atoms with Crippen LogP contribution in [0.2, 0.25) is 0 Å². The van der Waals surface area contributed by atoms with Crippen molar-refractivity contribution in [2.24, 2.45) is 5.73 Å². The third kappa shape index (κ3) is 4.78. The van der Waals surface area contributed by atoms with Gasteiger partial charge in [0.15, 0.2) is 0 Å². The third-order valence-corrected chi connectivity index (χ3v) is 2.51. The van der Waals surface area contributed by atoms with E-state index < -0.39 is 0 Å². The minimum Gasteiger partial charge on any atom is -0.384 e. The van der Waals surface area contributed by atoms with Crippen LogP contribution in [0.25, 0.3) is 12.2 Å². The molecule has 100 valence electrons. The molecule has 19 heavy (non-hydrogen) atoms. The number of nitrogens with two attached hydrogens (primary N) is 1. The second kappa shape index (κ2) is 8.35. The molecule has 0 aliphatic carbocycles. The van der Waals surface area contributed by atoms with Crippen LogP contribution >= 0.6 is 24.8 Å². The quantitative estimate of drug-likeness (QED) is 0.502. The zero-order valence-electron chi connectivity index (χ0n) is 10.2. The smallest absolute Gasteiger partial charge is 0.123 e. The maximum atomic E-state index is 7.50. The van der Waals surface area contributed by atoms with E-state index in [-0.39, 0.29) is 30.6 Å². The highest BCUT2D eigenvalue weighted by Crippen LogP contribution is 2.12. The van der Waals surface area contributed by atoms with Gasteiger partial charge < -0.3 is 5.73 Å². The van der Waals surface area contributed by atoms with Crippen LogP contribution in [0.3, 0.4) is 0 Å². The van der Waals surface area contributed by atoms with E-state index in [9.17, 15) is 0 Å². The Labute approximate surface area is 125 Å². The average Bonchev–Trinajstić information content (AvgIpc) is 2.38. The standard InChI is InChI=1S/C15H14N2.2ClH/c16-15(17)14-9-5-4-8-13(14)11-10-12-6-2-1-3-7-12;;/h1-11H,(H3,16,17);2*1H. The number of nitrogen functional groups attached to an aromatic ring is 1. The van der Waals surface area contributed by atoms with Gasteiger partial charge in [-0.15, -0.1) is 24.8 Å². The molecule has 0 radical (unpaired) electrons. The van der Waals surface area contributed by atoms with Gasteiger partial charge in [0.25, 0.3) is 0 Å².